The molecule has 0 fully saturated rings. The highest BCUT2D eigenvalue weighted by Crippen LogP contribution is 2.24. The number of anilines is 1. The van der Waals surface area contributed by atoms with Crippen molar-refractivity contribution in [1.82, 2.24) is 9.58 Å². The molecule has 108 valence electrons. The van der Waals surface area contributed by atoms with Crippen LogP contribution in [0.2, 0.25) is 0 Å². The molecule has 0 spiro atoms. The topological polar surface area (TPSA) is 66.7 Å². The second-order valence-corrected chi connectivity index (χ2v) is 5.08. The molecule has 3 rings (SSSR count). The molecule has 21 heavy (non-hydrogen) atoms. The minimum absolute atomic E-state index is 0.0725. The van der Waals surface area contributed by atoms with Gasteiger partial charge in [0.1, 0.15) is 5.71 Å². The van der Waals surface area contributed by atoms with E-state index in [1.807, 2.05) is 42.1 Å². The summed E-state index contributed by atoms with van der Waals surface area (Å²) in [6.07, 6.45) is 2.64. The zero-order valence-electron chi connectivity index (χ0n) is 12.0. The monoisotopic (exact) mass is 284 g/mol. The van der Waals surface area contributed by atoms with Gasteiger partial charge in [0.25, 0.3) is 5.91 Å². The molecule has 2 amide bonds. The van der Waals surface area contributed by atoms with Crippen molar-refractivity contribution in [3.05, 3.63) is 30.5 Å². The summed E-state index contributed by atoms with van der Waals surface area (Å²) in [6, 6.07) is 7.72. The van der Waals surface area contributed by atoms with Crippen LogP contribution in [0, 0.1) is 0 Å². The van der Waals surface area contributed by atoms with Gasteiger partial charge in [-0.3, -0.25) is 9.59 Å². The van der Waals surface area contributed by atoms with E-state index in [0.717, 1.165) is 16.6 Å². The maximum atomic E-state index is 12.3. The second-order valence-electron chi connectivity index (χ2n) is 5.08. The van der Waals surface area contributed by atoms with E-state index in [4.69, 9.17) is 0 Å². The minimum Gasteiger partial charge on any atom is -0.350 e. The number of hydrogen-bond acceptors (Lipinski definition) is 3. The Morgan fingerprint density at radius 1 is 1.24 bits per heavy atom. The minimum atomic E-state index is -0.259. The largest absolute Gasteiger partial charge is 0.350 e. The molecule has 0 atom stereocenters. The second kappa shape index (κ2) is 5.05. The molecular weight excluding hydrogens is 268 g/mol. The van der Waals surface area contributed by atoms with Crippen molar-refractivity contribution in [2.45, 2.75) is 12.8 Å². The molecule has 1 aromatic heterocycles. The molecule has 2 heterocycles. The third kappa shape index (κ3) is 2.40. The number of amides is 2. The summed E-state index contributed by atoms with van der Waals surface area (Å²) in [7, 11) is 3.52. The Balaban J connectivity index is 1.87. The molecule has 2 aromatic rings. The summed E-state index contributed by atoms with van der Waals surface area (Å²) < 4.78 is 2.00. The van der Waals surface area contributed by atoms with Crippen LogP contribution < -0.4 is 5.32 Å². The first kappa shape index (κ1) is 13.4. The third-order valence-electron chi connectivity index (χ3n) is 3.65. The number of aryl methyl sites for hydroxylation is 1. The van der Waals surface area contributed by atoms with Crippen LogP contribution in [-0.2, 0) is 16.6 Å². The van der Waals surface area contributed by atoms with Crippen LogP contribution in [0.15, 0.2) is 35.6 Å². The van der Waals surface area contributed by atoms with Crippen LogP contribution in [0.4, 0.5) is 5.69 Å². The van der Waals surface area contributed by atoms with Crippen LogP contribution in [-0.4, -0.2) is 34.1 Å². The number of nitrogens with one attached hydrogen (secondary N) is 1. The summed E-state index contributed by atoms with van der Waals surface area (Å²) in [4.78, 5) is 23.7. The standard InChI is InChI=1S/C15H16N4O2/c1-18-9-8-10-11(4-3-5-13(10)18)16-15(21)12-6-7-14(20)19(2)17-12/h3-5,8-9H,6-7H2,1-2H3,(H,16,21). The van der Waals surface area contributed by atoms with Gasteiger partial charge in [-0.25, -0.2) is 5.01 Å². The molecule has 0 saturated heterocycles. The quantitative estimate of drug-likeness (QED) is 0.912. The number of benzene rings is 1. The van der Waals surface area contributed by atoms with Crippen molar-refractivity contribution >= 4 is 34.1 Å². The predicted octanol–water partition coefficient (Wildman–Crippen LogP) is 1.72. The van der Waals surface area contributed by atoms with E-state index in [9.17, 15) is 9.59 Å². The van der Waals surface area contributed by atoms with Gasteiger partial charge < -0.3 is 9.88 Å². The first-order valence-electron chi connectivity index (χ1n) is 6.75. The summed E-state index contributed by atoms with van der Waals surface area (Å²) >= 11 is 0. The molecule has 1 aromatic carbocycles. The van der Waals surface area contributed by atoms with Crippen LogP contribution in [0.1, 0.15) is 12.8 Å². The van der Waals surface area contributed by atoms with Crippen LogP contribution >= 0.6 is 0 Å². The van der Waals surface area contributed by atoms with E-state index in [1.54, 1.807) is 7.05 Å². The number of nitrogens with zero attached hydrogens (tertiary/aromatic N) is 3. The van der Waals surface area contributed by atoms with E-state index in [2.05, 4.69) is 10.4 Å². The van der Waals surface area contributed by atoms with E-state index in [0.29, 0.717) is 18.6 Å². The average molecular weight is 284 g/mol. The number of carbonyl (C=O) groups excluding carboxylic acids is 2. The zero-order valence-corrected chi connectivity index (χ0v) is 12.0. The third-order valence-corrected chi connectivity index (χ3v) is 3.65. The average Bonchev–Trinajstić information content (AvgIpc) is 2.85. The Labute approximate surface area is 122 Å². The number of fused-ring (bicyclic) bond motifs is 1. The molecule has 1 aliphatic heterocycles. The normalized spacial score (nSPS) is 15.2. The van der Waals surface area contributed by atoms with Crippen LogP contribution in [0.5, 0.6) is 0 Å². The van der Waals surface area contributed by atoms with Crippen molar-refractivity contribution in [3.63, 3.8) is 0 Å². The van der Waals surface area contributed by atoms with E-state index < -0.39 is 0 Å². The highest BCUT2D eigenvalue weighted by atomic mass is 16.2. The Morgan fingerprint density at radius 3 is 2.81 bits per heavy atom. The fourth-order valence-electron chi connectivity index (χ4n) is 2.44. The molecule has 6 heteroatoms. The van der Waals surface area contributed by atoms with Gasteiger partial charge in [-0.1, -0.05) is 6.07 Å². The number of carbonyl (C=O) groups is 2. The van der Waals surface area contributed by atoms with Gasteiger partial charge in [0.2, 0.25) is 5.91 Å². The number of rotatable bonds is 2. The lowest BCUT2D eigenvalue weighted by Gasteiger charge is -2.19. The lowest BCUT2D eigenvalue weighted by Crippen LogP contribution is -2.34. The Morgan fingerprint density at radius 2 is 2.05 bits per heavy atom. The molecule has 0 unspecified atom stereocenters. The molecule has 0 bridgehead atoms. The summed E-state index contributed by atoms with van der Waals surface area (Å²) in [5.41, 5.74) is 2.18. The maximum Gasteiger partial charge on any atom is 0.271 e. The van der Waals surface area contributed by atoms with Gasteiger partial charge >= 0.3 is 0 Å². The van der Waals surface area contributed by atoms with Crippen molar-refractivity contribution < 1.29 is 9.59 Å². The molecule has 1 N–H and O–H groups in total. The summed E-state index contributed by atoms with van der Waals surface area (Å²) in [6.45, 7) is 0. The van der Waals surface area contributed by atoms with Gasteiger partial charge in [-0.2, -0.15) is 5.10 Å². The number of aromatic nitrogens is 1. The van der Waals surface area contributed by atoms with Crippen LogP contribution in [0.25, 0.3) is 10.9 Å². The van der Waals surface area contributed by atoms with Crippen molar-refractivity contribution in [2.75, 3.05) is 12.4 Å². The van der Waals surface area contributed by atoms with E-state index in [1.165, 1.54) is 5.01 Å². The van der Waals surface area contributed by atoms with Gasteiger partial charge in [-0.15, -0.1) is 0 Å². The van der Waals surface area contributed by atoms with Gasteiger partial charge in [0, 0.05) is 44.0 Å². The fourth-order valence-corrected chi connectivity index (χ4v) is 2.44. The van der Waals surface area contributed by atoms with Gasteiger partial charge in [-0.05, 0) is 18.2 Å². The zero-order chi connectivity index (χ0) is 15.0. The Hall–Kier alpha value is -2.63. The lowest BCUT2D eigenvalue weighted by atomic mass is 10.1. The fraction of sp³-hybridized carbons (Fsp3) is 0.267. The smallest absolute Gasteiger partial charge is 0.271 e. The highest BCUT2D eigenvalue weighted by Gasteiger charge is 2.22. The van der Waals surface area contributed by atoms with Gasteiger partial charge in [0.15, 0.2) is 0 Å². The molecule has 1 aliphatic rings. The van der Waals surface area contributed by atoms with E-state index >= 15 is 0 Å². The molecule has 6 nitrogen and oxygen atoms in total. The SMILES string of the molecule is CN1N=C(C(=O)Nc2cccc3c2ccn3C)CCC1=O. The molecule has 0 radical (unpaired) electrons. The maximum absolute atomic E-state index is 12.3. The van der Waals surface area contributed by atoms with Gasteiger partial charge in [0.05, 0.1) is 5.69 Å². The predicted molar refractivity (Wildman–Crippen MR) is 81.0 cm³/mol. The first-order chi connectivity index (χ1) is 10.1. The summed E-state index contributed by atoms with van der Waals surface area (Å²) in [5, 5.41) is 9.11. The summed E-state index contributed by atoms with van der Waals surface area (Å²) in [5.74, 6) is -0.331. The molecule has 0 saturated carbocycles. The number of hydrazone groups is 1. The first-order valence-corrected chi connectivity index (χ1v) is 6.75. The lowest BCUT2D eigenvalue weighted by molar-refractivity contribution is -0.130. The van der Waals surface area contributed by atoms with E-state index in [-0.39, 0.29) is 11.8 Å². The Bertz CT molecular complexity index is 760. The van der Waals surface area contributed by atoms with Crippen molar-refractivity contribution in [1.29, 1.82) is 0 Å². The van der Waals surface area contributed by atoms with Crippen molar-refractivity contribution in [3.8, 4) is 0 Å². The highest BCUT2D eigenvalue weighted by molar-refractivity contribution is 6.44. The molecule has 0 aliphatic carbocycles. The van der Waals surface area contributed by atoms with Crippen LogP contribution in [0.3, 0.4) is 0 Å². The van der Waals surface area contributed by atoms with Crippen molar-refractivity contribution in [2.24, 2.45) is 12.1 Å². The number of hydrogen-bond donors (Lipinski definition) is 1. The Kier molecular flexibility index (Phi) is 3.21. The molecular formula is C15H16N4O2.